The van der Waals surface area contributed by atoms with E-state index in [9.17, 15) is 9.18 Å². The number of halogens is 1. The van der Waals surface area contributed by atoms with Crippen LogP contribution in [0.3, 0.4) is 0 Å². The Morgan fingerprint density at radius 1 is 1.10 bits per heavy atom. The summed E-state index contributed by atoms with van der Waals surface area (Å²) < 4.78 is 30.5. The van der Waals surface area contributed by atoms with Crippen molar-refractivity contribution in [1.29, 1.82) is 0 Å². The van der Waals surface area contributed by atoms with E-state index in [4.69, 9.17) is 14.2 Å². The second-order valence-electron chi connectivity index (χ2n) is 6.14. The zero-order valence-corrected chi connectivity index (χ0v) is 15.9. The quantitative estimate of drug-likeness (QED) is 0.524. The lowest BCUT2D eigenvalue weighted by molar-refractivity contribution is 0.324. The molecule has 2 heterocycles. The van der Waals surface area contributed by atoms with Crippen LogP contribution in [0.4, 0.5) is 4.39 Å². The van der Waals surface area contributed by atoms with E-state index in [1.807, 2.05) is 0 Å². The number of aromatic amines is 1. The van der Waals surface area contributed by atoms with Crippen molar-refractivity contribution in [3.63, 3.8) is 0 Å². The van der Waals surface area contributed by atoms with Gasteiger partial charge in [0, 0.05) is 16.5 Å². The van der Waals surface area contributed by atoms with Gasteiger partial charge in [-0.15, -0.1) is 0 Å². The molecule has 0 aliphatic heterocycles. The molecule has 148 valence electrons. The first-order valence-electron chi connectivity index (χ1n) is 8.58. The van der Waals surface area contributed by atoms with Gasteiger partial charge in [-0.25, -0.2) is 9.37 Å². The Balaban J connectivity index is 1.78. The number of fused-ring (bicyclic) bond motifs is 3. The molecule has 0 bridgehead atoms. The molecular weight excluding hydrogens is 379 g/mol. The molecule has 0 spiro atoms. The van der Waals surface area contributed by atoms with Gasteiger partial charge in [-0.2, -0.15) is 9.78 Å². The number of benzene rings is 2. The van der Waals surface area contributed by atoms with Crippen molar-refractivity contribution in [3.8, 4) is 17.2 Å². The summed E-state index contributed by atoms with van der Waals surface area (Å²) >= 11 is 0. The molecule has 2 aromatic heterocycles. The maximum atomic E-state index is 13.5. The first-order chi connectivity index (χ1) is 14.0. The first-order valence-corrected chi connectivity index (χ1v) is 8.58. The highest BCUT2D eigenvalue weighted by molar-refractivity contribution is 6.04. The number of H-pyrrole nitrogens is 1. The summed E-state index contributed by atoms with van der Waals surface area (Å²) in [5, 5.41) is 4.73. The van der Waals surface area contributed by atoms with Gasteiger partial charge in [-0.1, -0.05) is 0 Å². The minimum absolute atomic E-state index is 0.246. The third-order valence-corrected chi connectivity index (χ3v) is 4.47. The van der Waals surface area contributed by atoms with Gasteiger partial charge in [0.2, 0.25) is 5.75 Å². The summed E-state index contributed by atoms with van der Waals surface area (Å²) in [6.07, 6.45) is 2.76. The van der Waals surface area contributed by atoms with Crippen LogP contribution in [-0.2, 0) is 0 Å². The molecule has 0 amide bonds. The van der Waals surface area contributed by atoms with Crippen LogP contribution in [0.1, 0.15) is 5.56 Å². The average molecular weight is 396 g/mol. The molecule has 0 aliphatic carbocycles. The topological polar surface area (TPSA) is 90.7 Å². The molecular formula is C20H17FN4O4. The Kier molecular flexibility index (Phi) is 4.63. The summed E-state index contributed by atoms with van der Waals surface area (Å²) in [6.45, 7) is 0. The minimum atomic E-state index is -0.407. The maximum Gasteiger partial charge on any atom is 0.298 e. The molecule has 8 nitrogen and oxygen atoms in total. The third-order valence-electron chi connectivity index (χ3n) is 4.47. The zero-order valence-electron chi connectivity index (χ0n) is 15.9. The summed E-state index contributed by atoms with van der Waals surface area (Å²) in [5.74, 6) is 0.987. The molecule has 0 saturated heterocycles. The number of nitrogens with zero attached hydrogens (tertiary/aromatic N) is 3. The standard InChI is InChI=1S/C20H17FN4O4/c1-27-15-6-11(7-16(28-2)19(15)29-3)9-23-25-10-22-17-13-8-12(21)4-5-14(13)24-18(17)20(25)26/h4-10,24H,1-3H3/b23-9+. The number of rotatable bonds is 5. The molecule has 0 fully saturated rings. The second kappa shape index (κ2) is 7.27. The highest BCUT2D eigenvalue weighted by Gasteiger charge is 2.13. The van der Waals surface area contributed by atoms with E-state index in [1.54, 1.807) is 18.2 Å². The van der Waals surface area contributed by atoms with E-state index in [2.05, 4.69) is 15.1 Å². The average Bonchev–Trinajstić information content (AvgIpc) is 3.11. The predicted molar refractivity (Wildman–Crippen MR) is 107 cm³/mol. The van der Waals surface area contributed by atoms with Gasteiger partial charge in [0.15, 0.2) is 11.5 Å². The lowest BCUT2D eigenvalue weighted by Crippen LogP contribution is -2.17. The van der Waals surface area contributed by atoms with Gasteiger partial charge in [0.1, 0.15) is 23.2 Å². The largest absolute Gasteiger partial charge is 0.493 e. The smallest absolute Gasteiger partial charge is 0.298 e. The Labute approximate surface area is 164 Å². The normalized spacial score (nSPS) is 11.4. The summed E-state index contributed by atoms with van der Waals surface area (Å²) in [5.41, 5.74) is 1.48. The van der Waals surface area contributed by atoms with Crippen LogP contribution in [0.2, 0.25) is 0 Å². The minimum Gasteiger partial charge on any atom is -0.493 e. The number of hydrogen-bond donors (Lipinski definition) is 1. The van der Waals surface area contributed by atoms with Gasteiger partial charge in [0.05, 0.1) is 27.5 Å². The van der Waals surface area contributed by atoms with Crippen molar-refractivity contribution in [2.45, 2.75) is 0 Å². The van der Waals surface area contributed by atoms with Crippen molar-refractivity contribution < 1.29 is 18.6 Å². The van der Waals surface area contributed by atoms with Crippen LogP contribution in [0.15, 0.2) is 46.6 Å². The Morgan fingerprint density at radius 2 is 1.83 bits per heavy atom. The molecule has 9 heteroatoms. The third kappa shape index (κ3) is 3.16. The lowest BCUT2D eigenvalue weighted by Gasteiger charge is -2.12. The molecule has 4 aromatic rings. The van der Waals surface area contributed by atoms with Crippen molar-refractivity contribution in [2.24, 2.45) is 5.10 Å². The Morgan fingerprint density at radius 3 is 2.48 bits per heavy atom. The van der Waals surface area contributed by atoms with Gasteiger partial charge >= 0.3 is 0 Å². The Hall–Kier alpha value is -3.88. The van der Waals surface area contributed by atoms with E-state index >= 15 is 0 Å². The van der Waals surface area contributed by atoms with Crippen LogP contribution < -0.4 is 19.8 Å². The molecule has 0 unspecified atom stereocenters. The molecule has 29 heavy (non-hydrogen) atoms. The van der Waals surface area contributed by atoms with E-state index in [-0.39, 0.29) is 5.52 Å². The molecule has 4 rings (SSSR count). The van der Waals surface area contributed by atoms with Crippen molar-refractivity contribution in [2.75, 3.05) is 21.3 Å². The monoisotopic (exact) mass is 396 g/mol. The molecule has 2 aromatic carbocycles. The fourth-order valence-corrected chi connectivity index (χ4v) is 3.11. The molecule has 0 radical (unpaired) electrons. The maximum absolute atomic E-state index is 13.5. The summed E-state index contributed by atoms with van der Waals surface area (Å²) in [7, 11) is 4.54. The summed E-state index contributed by atoms with van der Waals surface area (Å²) in [6, 6.07) is 7.62. The van der Waals surface area contributed by atoms with Gasteiger partial charge in [0.25, 0.3) is 5.56 Å². The highest BCUT2D eigenvalue weighted by atomic mass is 19.1. The number of ether oxygens (including phenoxy) is 3. The Bertz CT molecular complexity index is 1280. The fraction of sp³-hybridized carbons (Fsp3) is 0.150. The van der Waals surface area contributed by atoms with E-state index in [1.165, 1.54) is 46.0 Å². The SMILES string of the molecule is COc1cc(/C=N/n2cnc3c([nH]c4ccc(F)cc43)c2=O)cc(OC)c1OC. The molecule has 0 aliphatic rings. The van der Waals surface area contributed by atoms with Crippen LogP contribution >= 0.6 is 0 Å². The molecule has 0 atom stereocenters. The zero-order chi connectivity index (χ0) is 20.5. The van der Waals surface area contributed by atoms with Gasteiger partial charge in [-0.05, 0) is 30.3 Å². The highest BCUT2D eigenvalue weighted by Crippen LogP contribution is 2.37. The van der Waals surface area contributed by atoms with Crippen LogP contribution in [0.25, 0.3) is 21.9 Å². The second-order valence-corrected chi connectivity index (χ2v) is 6.14. The fourth-order valence-electron chi connectivity index (χ4n) is 3.11. The van der Waals surface area contributed by atoms with Crippen molar-refractivity contribution in [3.05, 3.63) is 58.4 Å². The number of aromatic nitrogens is 3. The molecule has 1 N–H and O–H groups in total. The lowest BCUT2D eigenvalue weighted by atomic mass is 10.2. The summed E-state index contributed by atoms with van der Waals surface area (Å²) in [4.78, 5) is 20.0. The van der Waals surface area contributed by atoms with Crippen LogP contribution in [0.5, 0.6) is 17.2 Å². The number of hydrogen-bond acceptors (Lipinski definition) is 6. The van der Waals surface area contributed by atoms with Gasteiger partial charge in [-0.3, -0.25) is 4.79 Å². The molecule has 0 saturated carbocycles. The van der Waals surface area contributed by atoms with Crippen LogP contribution in [0, 0.1) is 5.82 Å². The number of nitrogens with one attached hydrogen (secondary N) is 1. The van der Waals surface area contributed by atoms with Gasteiger partial charge < -0.3 is 19.2 Å². The first kappa shape index (κ1) is 18.5. The van der Waals surface area contributed by atoms with E-state index in [0.29, 0.717) is 39.2 Å². The number of methoxy groups -OCH3 is 3. The van der Waals surface area contributed by atoms with Crippen LogP contribution in [-0.4, -0.2) is 42.2 Å². The van der Waals surface area contributed by atoms with Crippen molar-refractivity contribution in [1.82, 2.24) is 14.6 Å². The van der Waals surface area contributed by atoms with Crippen molar-refractivity contribution >= 4 is 28.2 Å². The predicted octanol–water partition coefficient (Wildman–Crippen LogP) is 2.92. The van der Waals surface area contributed by atoms with E-state index in [0.717, 1.165) is 4.68 Å². The van der Waals surface area contributed by atoms with E-state index < -0.39 is 11.4 Å².